The first-order chi connectivity index (χ1) is 14.6. The summed E-state index contributed by atoms with van der Waals surface area (Å²) in [5, 5.41) is 2.68. The Labute approximate surface area is 172 Å². The molecule has 150 valence electrons. The van der Waals surface area contributed by atoms with Crippen molar-refractivity contribution in [3.05, 3.63) is 114 Å². The highest BCUT2D eigenvalue weighted by atomic mass is 19.1. The Hall–Kier alpha value is -3.80. The molecule has 1 N–H and O–H groups in total. The fourth-order valence-electron chi connectivity index (χ4n) is 3.28. The van der Waals surface area contributed by atoms with Crippen LogP contribution in [0.4, 0.5) is 8.78 Å². The lowest BCUT2D eigenvalue weighted by molar-refractivity contribution is 0.0946. The predicted octanol–water partition coefficient (Wildman–Crippen LogP) is 4.81. The molecule has 0 aliphatic heterocycles. The normalized spacial score (nSPS) is 10.7. The van der Waals surface area contributed by atoms with Crippen LogP contribution in [0.5, 0.6) is 0 Å². The van der Waals surface area contributed by atoms with E-state index in [4.69, 9.17) is 0 Å². The van der Waals surface area contributed by atoms with Crippen molar-refractivity contribution in [2.24, 2.45) is 0 Å². The van der Waals surface area contributed by atoms with Gasteiger partial charge in [-0.1, -0.05) is 48.5 Å². The number of nitrogens with one attached hydrogen (secondary N) is 1. The highest BCUT2D eigenvalue weighted by Crippen LogP contribution is 2.24. The molecular formula is C24H19F2N3O. The minimum Gasteiger partial charge on any atom is -0.348 e. The zero-order valence-corrected chi connectivity index (χ0v) is 16.1. The molecule has 0 unspecified atom stereocenters. The quantitative estimate of drug-likeness (QED) is 0.502. The molecule has 1 heterocycles. The van der Waals surface area contributed by atoms with Gasteiger partial charge in [-0.3, -0.25) is 4.79 Å². The first-order valence-corrected chi connectivity index (χ1v) is 9.46. The predicted molar refractivity (Wildman–Crippen MR) is 111 cm³/mol. The zero-order chi connectivity index (χ0) is 20.9. The highest BCUT2D eigenvalue weighted by molar-refractivity contribution is 5.94. The van der Waals surface area contributed by atoms with Crippen LogP contribution in [0, 0.1) is 11.6 Å². The average molecular weight is 403 g/mol. The molecule has 0 radical (unpaired) electrons. The van der Waals surface area contributed by atoms with Crippen LogP contribution in [0.25, 0.3) is 11.1 Å². The molecular weight excluding hydrogens is 384 g/mol. The molecule has 0 spiro atoms. The van der Waals surface area contributed by atoms with Crippen molar-refractivity contribution in [3.63, 3.8) is 0 Å². The molecule has 0 aliphatic rings. The van der Waals surface area contributed by atoms with Gasteiger partial charge in [-0.25, -0.2) is 13.8 Å². The van der Waals surface area contributed by atoms with Gasteiger partial charge in [0.05, 0.1) is 11.9 Å². The van der Waals surface area contributed by atoms with Crippen LogP contribution >= 0.6 is 0 Å². The second-order valence-corrected chi connectivity index (χ2v) is 6.90. The Balaban J connectivity index is 1.50. The summed E-state index contributed by atoms with van der Waals surface area (Å²) in [6, 6.07) is 18.6. The van der Waals surface area contributed by atoms with Crippen LogP contribution in [0.2, 0.25) is 0 Å². The van der Waals surface area contributed by atoms with Crippen molar-refractivity contribution < 1.29 is 13.6 Å². The number of nitrogens with zero attached hydrogens (tertiary/aromatic N) is 2. The van der Waals surface area contributed by atoms with E-state index in [1.54, 1.807) is 12.5 Å². The summed E-state index contributed by atoms with van der Waals surface area (Å²) in [6.07, 6.45) is 5.43. The Morgan fingerprint density at radius 2 is 1.80 bits per heavy atom. The van der Waals surface area contributed by atoms with Crippen LogP contribution in [-0.2, 0) is 13.1 Å². The Morgan fingerprint density at radius 1 is 1.00 bits per heavy atom. The van der Waals surface area contributed by atoms with Gasteiger partial charge in [0, 0.05) is 25.5 Å². The van der Waals surface area contributed by atoms with Crippen molar-refractivity contribution in [1.29, 1.82) is 0 Å². The van der Waals surface area contributed by atoms with Crippen molar-refractivity contribution in [1.82, 2.24) is 14.9 Å². The maximum atomic E-state index is 13.8. The van der Waals surface area contributed by atoms with Gasteiger partial charge in [0.2, 0.25) is 0 Å². The summed E-state index contributed by atoms with van der Waals surface area (Å²) in [5.41, 5.74) is 3.68. The Bertz CT molecular complexity index is 1160. The number of hydrogen-bond donors (Lipinski definition) is 1. The lowest BCUT2D eigenvalue weighted by Gasteiger charge is -2.12. The molecule has 0 bridgehead atoms. The van der Waals surface area contributed by atoms with Gasteiger partial charge in [-0.2, -0.15) is 0 Å². The minimum absolute atomic E-state index is 0.196. The molecule has 0 saturated carbocycles. The third-order valence-corrected chi connectivity index (χ3v) is 4.82. The summed E-state index contributed by atoms with van der Waals surface area (Å²) in [6.45, 7) is 0.929. The van der Waals surface area contributed by atoms with Gasteiger partial charge in [-0.15, -0.1) is 0 Å². The number of hydrogen-bond acceptors (Lipinski definition) is 2. The topological polar surface area (TPSA) is 46.9 Å². The summed E-state index contributed by atoms with van der Waals surface area (Å²) in [4.78, 5) is 16.4. The van der Waals surface area contributed by atoms with Crippen molar-refractivity contribution >= 4 is 5.91 Å². The maximum absolute atomic E-state index is 13.8. The van der Waals surface area contributed by atoms with Crippen LogP contribution in [0.15, 0.2) is 85.5 Å². The van der Waals surface area contributed by atoms with Crippen LogP contribution < -0.4 is 5.32 Å². The summed E-state index contributed by atoms with van der Waals surface area (Å²) in [7, 11) is 0. The second-order valence-electron chi connectivity index (χ2n) is 6.90. The molecule has 4 aromatic rings. The standard InChI is InChI=1S/C24H19F2N3O/c25-20-9-10-23(26)22(13-20)24(30)28-14-19-3-1-2-4-21(19)18-7-5-17(6-8-18)15-29-12-11-27-16-29/h1-13,16H,14-15H2,(H,28,30). The van der Waals surface area contributed by atoms with Gasteiger partial charge in [-0.05, 0) is 40.5 Å². The molecule has 4 nitrogen and oxygen atoms in total. The van der Waals surface area contributed by atoms with E-state index in [0.717, 1.165) is 47.0 Å². The SMILES string of the molecule is O=C(NCc1ccccc1-c1ccc(Cn2ccnc2)cc1)c1cc(F)ccc1F. The lowest BCUT2D eigenvalue weighted by atomic mass is 9.98. The summed E-state index contributed by atoms with van der Waals surface area (Å²) in [5.74, 6) is -2.06. The second kappa shape index (κ2) is 8.69. The molecule has 6 heteroatoms. The molecule has 1 aromatic heterocycles. The Kier molecular flexibility index (Phi) is 5.66. The molecule has 0 atom stereocenters. The number of carbonyl (C=O) groups is 1. The summed E-state index contributed by atoms with van der Waals surface area (Å²) >= 11 is 0. The van der Waals surface area contributed by atoms with Crippen LogP contribution in [0.1, 0.15) is 21.5 Å². The maximum Gasteiger partial charge on any atom is 0.254 e. The van der Waals surface area contributed by atoms with Crippen molar-refractivity contribution in [3.8, 4) is 11.1 Å². The smallest absolute Gasteiger partial charge is 0.254 e. The number of halogens is 2. The monoisotopic (exact) mass is 403 g/mol. The van der Waals surface area contributed by atoms with Crippen LogP contribution in [0.3, 0.4) is 0 Å². The molecule has 0 saturated heterocycles. The number of rotatable bonds is 6. The average Bonchev–Trinajstić information content (AvgIpc) is 3.27. The largest absolute Gasteiger partial charge is 0.348 e. The van der Waals surface area contributed by atoms with Crippen molar-refractivity contribution in [2.45, 2.75) is 13.1 Å². The zero-order valence-electron chi connectivity index (χ0n) is 16.1. The van der Waals surface area contributed by atoms with Gasteiger partial charge in [0.15, 0.2) is 0 Å². The van der Waals surface area contributed by atoms with E-state index < -0.39 is 17.5 Å². The van der Waals surface area contributed by atoms with E-state index in [1.807, 2.05) is 59.3 Å². The van der Waals surface area contributed by atoms with Crippen LogP contribution in [-0.4, -0.2) is 15.5 Å². The van der Waals surface area contributed by atoms with Gasteiger partial charge in [0.25, 0.3) is 5.91 Å². The summed E-state index contributed by atoms with van der Waals surface area (Å²) < 4.78 is 29.2. The van der Waals surface area contributed by atoms with E-state index in [2.05, 4.69) is 10.3 Å². The number of amides is 1. The van der Waals surface area contributed by atoms with Gasteiger partial charge in [0.1, 0.15) is 11.6 Å². The highest BCUT2D eigenvalue weighted by Gasteiger charge is 2.13. The molecule has 0 aliphatic carbocycles. The molecule has 4 rings (SSSR count). The minimum atomic E-state index is -0.754. The van der Waals surface area contributed by atoms with E-state index in [9.17, 15) is 13.6 Å². The number of aromatic nitrogens is 2. The van der Waals surface area contributed by atoms with Gasteiger partial charge >= 0.3 is 0 Å². The molecule has 1 amide bonds. The first-order valence-electron chi connectivity index (χ1n) is 9.46. The van der Waals surface area contributed by atoms with E-state index in [-0.39, 0.29) is 12.1 Å². The number of benzene rings is 3. The number of carbonyl (C=O) groups excluding carboxylic acids is 1. The fraction of sp³-hybridized carbons (Fsp3) is 0.0833. The van der Waals surface area contributed by atoms with E-state index in [0.29, 0.717) is 0 Å². The first kappa shape index (κ1) is 19.5. The lowest BCUT2D eigenvalue weighted by Crippen LogP contribution is -2.24. The number of imidazole rings is 1. The third kappa shape index (κ3) is 4.43. The van der Waals surface area contributed by atoms with Gasteiger partial charge < -0.3 is 9.88 Å². The third-order valence-electron chi connectivity index (χ3n) is 4.82. The van der Waals surface area contributed by atoms with E-state index in [1.165, 1.54) is 0 Å². The molecule has 30 heavy (non-hydrogen) atoms. The molecule has 3 aromatic carbocycles. The van der Waals surface area contributed by atoms with Crippen molar-refractivity contribution in [2.75, 3.05) is 0 Å². The molecule has 0 fully saturated rings. The van der Waals surface area contributed by atoms with E-state index >= 15 is 0 Å². The fourth-order valence-corrected chi connectivity index (χ4v) is 3.28. The Morgan fingerprint density at radius 3 is 2.57 bits per heavy atom.